The van der Waals surface area contributed by atoms with Crippen molar-refractivity contribution in [2.45, 2.75) is 13.5 Å². The molecule has 5 rings (SSSR count). The van der Waals surface area contributed by atoms with Crippen molar-refractivity contribution in [2.24, 2.45) is 0 Å². The van der Waals surface area contributed by atoms with Crippen molar-refractivity contribution < 1.29 is 37.7 Å². The van der Waals surface area contributed by atoms with Gasteiger partial charge in [-0.3, -0.25) is 14.9 Å². The molecule has 1 N–H and O–H groups in total. The minimum absolute atomic E-state index is 0.0229. The molecule has 1 saturated heterocycles. The first-order chi connectivity index (χ1) is 18.3. The first-order valence-corrected chi connectivity index (χ1v) is 11.9. The minimum Gasteiger partial charge on any atom is -0.490 e. The van der Waals surface area contributed by atoms with Gasteiger partial charge < -0.3 is 18.9 Å². The van der Waals surface area contributed by atoms with Crippen LogP contribution in [0, 0.1) is 5.82 Å². The van der Waals surface area contributed by atoms with E-state index < -0.39 is 17.8 Å². The maximum absolute atomic E-state index is 13.3. The second kappa shape index (κ2) is 10.4. The third-order valence-corrected chi connectivity index (χ3v) is 5.94. The van der Waals surface area contributed by atoms with Gasteiger partial charge in [0.25, 0.3) is 11.8 Å². The van der Waals surface area contributed by atoms with E-state index in [1.54, 1.807) is 31.2 Å². The highest BCUT2D eigenvalue weighted by atomic mass is 35.5. The first kappa shape index (κ1) is 25.1. The van der Waals surface area contributed by atoms with Crippen molar-refractivity contribution >= 4 is 41.2 Å². The molecule has 2 aliphatic rings. The lowest BCUT2D eigenvalue weighted by atomic mass is 10.1. The fourth-order valence-corrected chi connectivity index (χ4v) is 4.17. The Bertz CT molecular complexity index is 1470. The molecule has 2 heterocycles. The van der Waals surface area contributed by atoms with Crippen LogP contribution in [0.3, 0.4) is 0 Å². The van der Waals surface area contributed by atoms with Gasteiger partial charge in [0.2, 0.25) is 6.79 Å². The molecule has 0 saturated carbocycles. The van der Waals surface area contributed by atoms with Gasteiger partial charge in [-0.1, -0.05) is 23.7 Å². The summed E-state index contributed by atoms with van der Waals surface area (Å²) in [5.74, 6) is -0.677. The summed E-state index contributed by atoms with van der Waals surface area (Å²) < 4.78 is 35.3. The number of nitrogens with zero attached hydrogens (tertiary/aromatic N) is 1. The van der Waals surface area contributed by atoms with E-state index in [-0.39, 0.29) is 53.6 Å². The molecule has 0 aliphatic carbocycles. The number of carbonyl (C=O) groups is 3. The highest BCUT2D eigenvalue weighted by Gasteiger charge is 2.37. The van der Waals surface area contributed by atoms with Gasteiger partial charge in [-0.25, -0.2) is 14.1 Å². The summed E-state index contributed by atoms with van der Waals surface area (Å²) in [4.78, 5) is 39.3. The fourth-order valence-electron chi connectivity index (χ4n) is 3.89. The number of ether oxygens (including phenoxy) is 4. The Kier molecular flexibility index (Phi) is 6.89. The Morgan fingerprint density at radius 3 is 2.55 bits per heavy atom. The maximum Gasteiger partial charge on any atom is 0.335 e. The van der Waals surface area contributed by atoms with Crippen LogP contribution in [0.1, 0.15) is 18.1 Å². The number of nitrogens with one attached hydrogen (secondary N) is 1. The van der Waals surface area contributed by atoms with Crippen LogP contribution in [0.2, 0.25) is 5.02 Å². The average Bonchev–Trinajstić information content (AvgIpc) is 3.35. The molecule has 4 amide bonds. The molecule has 1 fully saturated rings. The van der Waals surface area contributed by atoms with Crippen LogP contribution in [0.5, 0.6) is 23.0 Å². The number of amides is 4. The van der Waals surface area contributed by atoms with Crippen molar-refractivity contribution in [3.05, 3.63) is 82.1 Å². The Morgan fingerprint density at radius 2 is 1.79 bits per heavy atom. The third kappa shape index (κ3) is 4.98. The van der Waals surface area contributed by atoms with E-state index in [9.17, 15) is 18.8 Å². The predicted octanol–water partition coefficient (Wildman–Crippen LogP) is 4.85. The van der Waals surface area contributed by atoms with Crippen LogP contribution >= 0.6 is 11.6 Å². The van der Waals surface area contributed by atoms with E-state index >= 15 is 0 Å². The predicted molar refractivity (Wildman–Crippen MR) is 135 cm³/mol. The maximum atomic E-state index is 13.3. The Hall–Kier alpha value is -4.57. The lowest BCUT2D eigenvalue weighted by Crippen LogP contribution is -2.54. The number of imide groups is 2. The number of fused-ring (bicyclic) bond motifs is 1. The molecule has 194 valence electrons. The zero-order valence-corrected chi connectivity index (χ0v) is 20.7. The summed E-state index contributed by atoms with van der Waals surface area (Å²) in [7, 11) is 0. The van der Waals surface area contributed by atoms with Gasteiger partial charge >= 0.3 is 6.03 Å². The van der Waals surface area contributed by atoms with Gasteiger partial charge in [-0.05, 0) is 60.5 Å². The number of barbiturate groups is 1. The zero-order valence-electron chi connectivity index (χ0n) is 20.0. The van der Waals surface area contributed by atoms with E-state index in [4.69, 9.17) is 30.5 Å². The van der Waals surface area contributed by atoms with E-state index in [1.807, 2.05) is 0 Å². The molecule has 0 unspecified atom stereocenters. The van der Waals surface area contributed by atoms with Gasteiger partial charge in [-0.2, -0.15) is 0 Å². The van der Waals surface area contributed by atoms with Gasteiger partial charge in [0.1, 0.15) is 18.0 Å². The third-order valence-electron chi connectivity index (χ3n) is 5.66. The SMILES string of the molecule is CCOc1cc(/C=C2\C(=O)NC(=O)N(c3ccc4c(c3)OCO4)C2=O)cc(Cl)c1OCc1ccc(F)cc1. The zero-order chi connectivity index (χ0) is 26.8. The summed E-state index contributed by atoms with van der Waals surface area (Å²) >= 11 is 6.48. The van der Waals surface area contributed by atoms with Crippen molar-refractivity contribution in [1.29, 1.82) is 0 Å². The van der Waals surface area contributed by atoms with E-state index in [0.717, 1.165) is 4.90 Å². The Balaban J connectivity index is 1.44. The Morgan fingerprint density at radius 1 is 1.03 bits per heavy atom. The summed E-state index contributed by atoms with van der Waals surface area (Å²) in [5, 5.41) is 2.34. The van der Waals surface area contributed by atoms with Gasteiger partial charge in [0.15, 0.2) is 23.0 Å². The average molecular weight is 539 g/mol. The molecule has 3 aromatic carbocycles. The molecule has 3 aromatic rings. The molecule has 0 spiro atoms. The van der Waals surface area contributed by atoms with Crippen LogP contribution in [0.15, 0.2) is 60.2 Å². The van der Waals surface area contributed by atoms with Crippen LogP contribution in [-0.4, -0.2) is 31.2 Å². The second-order valence-electron chi connectivity index (χ2n) is 8.17. The number of halogens is 2. The minimum atomic E-state index is -0.895. The standard InChI is InChI=1S/C27H20ClFN2O7/c1-2-35-23-11-16(10-20(28)24(23)36-13-15-3-5-17(29)6-4-15)9-19-25(32)30-27(34)31(26(19)33)18-7-8-21-22(12-18)38-14-37-21/h3-12H,2,13-14H2,1H3,(H,30,32,34)/b19-9+. The molecule has 38 heavy (non-hydrogen) atoms. The summed E-state index contributed by atoms with van der Waals surface area (Å²) in [6.45, 7) is 2.19. The monoisotopic (exact) mass is 538 g/mol. The van der Waals surface area contributed by atoms with Crippen molar-refractivity contribution in [2.75, 3.05) is 18.3 Å². The van der Waals surface area contributed by atoms with Gasteiger partial charge in [0, 0.05) is 6.07 Å². The normalized spacial score (nSPS) is 15.6. The highest BCUT2D eigenvalue weighted by molar-refractivity contribution is 6.39. The number of carbonyl (C=O) groups excluding carboxylic acids is 3. The van der Waals surface area contributed by atoms with E-state index in [2.05, 4.69) is 5.32 Å². The van der Waals surface area contributed by atoms with Gasteiger partial charge in [-0.15, -0.1) is 0 Å². The largest absolute Gasteiger partial charge is 0.490 e. The molecule has 9 nitrogen and oxygen atoms in total. The van der Waals surface area contributed by atoms with Crippen LogP contribution < -0.4 is 29.2 Å². The second-order valence-corrected chi connectivity index (χ2v) is 8.58. The summed E-state index contributed by atoms with van der Waals surface area (Å²) in [6, 6.07) is 12.5. The highest BCUT2D eigenvalue weighted by Crippen LogP contribution is 2.39. The smallest absolute Gasteiger partial charge is 0.335 e. The number of hydrogen-bond acceptors (Lipinski definition) is 7. The molecule has 0 bridgehead atoms. The van der Waals surface area contributed by atoms with Crippen molar-refractivity contribution in [1.82, 2.24) is 5.32 Å². The molecule has 0 aromatic heterocycles. The molecule has 0 radical (unpaired) electrons. The number of urea groups is 1. The molecule has 2 aliphatic heterocycles. The number of hydrogen-bond donors (Lipinski definition) is 1. The Labute approximate surface area is 221 Å². The topological polar surface area (TPSA) is 103 Å². The van der Waals surface area contributed by atoms with Crippen LogP contribution in [0.4, 0.5) is 14.9 Å². The number of benzene rings is 3. The summed E-state index contributed by atoms with van der Waals surface area (Å²) in [6.07, 6.45) is 1.31. The number of anilines is 1. The first-order valence-electron chi connectivity index (χ1n) is 11.5. The van der Waals surface area contributed by atoms with Crippen molar-refractivity contribution in [3.8, 4) is 23.0 Å². The summed E-state index contributed by atoms with van der Waals surface area (Å²) in [5.41, 5.74) is 0.994. The van der Waals surface area contributed by atoms with Gasteiger partial charge in [0.05, 0.1) is 17.3 Å². The fraction of sp³-hybridized carbons (Fsp3) is 0.148. The number of rotatable bonds is 7. The molecule has 11 heteroatoms. The van der Waals surface area contributed by atoms with Crippen LogP contribution in [-0.2, 0) is 16.2 Å². The molecular weight excluding hydrogens is 519 g/mol. The quantitative estimate of drug-likeness (QED) is 0.339. The van der Waals surface area contributed by atoms with Crippen molar-refractivity contribution in [3.63, 3.8) is 0 Å². The van der Waals surface area contributed by atoms with Crippen LogP contribution in [0.25, 0.3) is 6.08 Å². The van der Waals surface area contributed by atoms with E-state index in [1.165, 1.54) is 36.4 Å². The molecule has 0 atom stereocenters. The molecular formula is C27H20ClFN2O7. The lowest BCUT2D eigenvalue weighted by Gasteiger charge is -2.26. The lowest BCUT2D eigenvalue weighted by molar-refractivity contribution is -0.122. The van der Waals surface area contributed by atoms with E-state index in [0.29, 0.717) is 22.6 Å².